The van der Waals surface area contributed by atoms with Crippen molar-refractivity contribution in [1.29, 1.82) is 0 Å². The molecule has 4 rings (SSSR count). The van der Waals surface area contributed by atoms with E-state index < -0.39 is 22.2 Å². The summed E-state index contributed by atoms with van der Waals surface area (Å²) in [6.45, 7) is 2.25. The van der Waals surface area contributed by atoms with E-state index in [2.05, 4.69) is 5.32 Å². The van der Waals surface area contributed by atoms with Gasteiger partial charge in [-0.25, -0.2) is 13.3 Å². The van der Waals surface area contributed by atoms with Crippen molar-refractivity contribution < 1.29 is 28.0 Å². The number of methoxy groups -OCH3 is 1. The van der Waals surface area contributed by atoms with Crippen LogP contribution in [-0.4, -0.2) is 26.8 Å². The number of benzene rings is 4. The van der Waals surface area contributed by atoms with Crippen LogP contribution >= 0.6 is 0 Å². The van der Waals surface area contributed by atoms with Gasteiger partial charge in [-0.15, -0.1) is 0 Å². The zero-order chi connectivity index (χ0) is 27.9. The molecule has 0 amide bonds. The Balaban J connectivity index is 1.67. The highest BCUT2D eigenvalue weighted by atomic mass is 32.2. The lowest BCUT2D eigenvalue weighted by Gasteiger charge is -2.23. The molecule has 0 saturated heterocycles. The van der Waals surface area contributed by atoms with E-state index in [9.17, 15) is 23.7 Å². The lowest BCUT2D eigenvalue weighted by molar-refractivity contribution is -0.384. The van der Waals surface area contributed by atoms with Crippen LogP contribution in [0.5, 0.6) is 11.5 Å². The summed E-state index contributed by atoms with van der Waals surface area (Å²) >= 11 is -2.50. The predicted molar refractivity (Wildman–Crippen MR) is 149 cm³/mol. The van der Waals surface area contributed by atoms with E-state index in [0.717, 1.165) is 15.4 Å². The zero-order valence-corrected chi connectivity index (χ0v) is 21.9. The molecule has 39 heavy (non-hydrogen) atoms. The molecule has 0 fully saturated rings. The Labute approximate surface area is 227 Å². The van der Waals surface area contributed by atoms with E-state index in [0.29, 0.717) is 12.2 Å². The minimum atomic E-state index is -2.50. The molecule has 1 unspecified atom stereocenters. The van der Waals surface area contributed by atoms with E-state index in [1.54, 1.807) is 24.3 Å². The molecule has 2 N–H and O–H groups in total. The van der Waals surface area contributed by atoms with Gasteiger partial charge in [0.1, 0.15) is 17.2 Å². The number of ether oxygens (including phenoxy) is 2. The van der Waals surface area contributed by atoms with Crippen LogP contribution in [0.25, 0.3) is 0 Å². The van der Waals surface area contributed by atoms with Crippen molar-refractivity contribution in [1.82, 2.24) is 0 Å². The first-order chi connectivity index (χ1) is 18.8. The smallest absolute Gasteiger partial charge is 0.340 e. The molecule has 0 saturated carbocycles. The van der Waals surface area contributed by atoms with Gasteiger partial charge >= 0.3 is 5.97 Å². The highest BCUT2D eigenvalue weighted by Gasteiger charge is 2.24. The molecule has 1 atom stereocenters. The second-order valence-corrected chi connectivity index (χ2v) is 9.24. The second-order valence-electron chi connectivity index (χ2n) is 8.41. The third-order valence-corrected chi connectivity index (χ3v) is 6.46. The number of nitro benzene ring substituents is 1. The molecule has 0 aromatic heterocycles. The fraction of sp³-hybridized carbons (Fsp3) is 0.107. The average molecular weight is 548 g/mol. The summed E-state index contributed by atoms with van der Waals surface area (Å²) in [5.74, 6) is -0.248. The van der Waals surface area contributed by atoms with Crippen LogP contribution in [0.3, 0.4) is 0 Å². The van der Waals surface area contributed by atoms with Crippen LogP contribution < -0.4 is 14.4 Å². The van der Waals surface area contributed by atoms with Gasteiger partial charge < -0.3 is 14.8 Å². The maximum Gasteiger partial charge on any atom is 0.340 e. The van der Waals surface area contributed by atoms with Gasteiger partial charge in [-0.2, -0.15) is 0 Å². The van der Waals surface area contributed by atoms with Crippen molar-refractivity contribution in [2.45, 2.75) is 13.5 Å². The third kappa shape index (κ3) is 6.58. The van der Waals surface area contributed by atoms with Crippen LogP contribution in [0.4, 0.5) is 22.7 Å². The molecular weight excluding hydrogens is 522 g/mol. The van der Waals surface area contributed by atoms with E-state index >= 15 is 0 Å². The van der Waals surface area contributed by atoms with Crippen molar-refractivity contribution in [2.24, 2.45) is 0 Å². The van der Waals surface area contributed by atoms with E-state index in [4.69, 9.17) is 9.47 Å². The molecule has 0 aliphatic rings. The maximum absolute atomic E-state index is 12.7. The van der Waals surface area contributed by atoms with Gasteiger partial charge in [0, 0.05) is 18.7 Å². The first-order valence-electron chi connectivity index (χ1n) is 11.7. The number of esters is 1. The molecular formula is C28H25N3O7S. The predicted octanol–water partition coefficient (Wildman–Crippen LogP) is 6.37. The third-order valence-electron chi connectivity index (χ3n) is 5.74. The Bertz CT molecular complexity index is 1510. The fourth-order valence-electron chi connectivity index (χ4n) is 3.83. The van der Waals surface area contributed by atoms with Crippen LogP contribution in [0, 0.1) is 17.0 Å². The molecule has 0 bridgehead atoms. The summed E-state index contributed by atoms with van der Waals surface area (Å²) in [7, 11) is 1.20. The molecule has 0 heterocycles. The van der Waals surface area contributed by atoms with Crippen LogP contribution in [0.15, 0.2) is 91.0 Å². The van der Waals surface area contributed by atoms with Gasteiger partial charge in [0.05, 0.1) is 29.0 Å². The zero-order valence-electron chi connectivity index (χ0n) is 21.1. The van der Waals surface area contributed by atoms with E-state index in [1.807, 2.05) is 37.3 Å². The molecule has 10 nitrogen and oxygen atoms in total. The van der Waals surface area contributed by atoms with Crippen molar-refractivity contribution in [2.75, 3.05) is 16.7 Å². The Morgan fingerprint density at radius 1 is 1.00 bits per heavy atom. The monoisotopic (exact) mass is 547 g/mol. The van der Waals surface area contributed by atoms with Crippen LogP contribution in [-0.2, 0) is 22.5 Å². The highest BCUT2D eigenvalue weighted by Crippen LogP contribution is 2.36. The van der Waals surface area contributed by atoms with Gasteiger partial charge in [0.25, 0.3) is 17.0 Å². The number of nitrogens with zero attached hydrogens (tertiary/aromatic N) is 2. The van der Waals surface area contributed by atoms with Gasteiger partial charge in [0.15, 0.2) is 0 Å². The molecule has 200 valence electrons. The average Bonchev–Trinajstić information content (AvgIpc) is 2.93. The number of carbonyl (C=O) groups is 1. The summed E-state index contributed by atoms with van der Waals surface area (Å²) in [5, 5.41) is 14.6. The van der Waals surface area contributed by atoms with Crippen LogP contribution in [0.2, 0.25) is 0 Å². The SMILES string of the molecule is COC(=O)c1cc(Oc2ccc([N+](=O)[O-])c(NCc3ccccc3)c2)ccc1N(c1ccc(C)cc1)S(=O)O. The molecule has 0 radical (unpaired) electrons. The van der Waals surface area contributed by atoms with Crippen molar-refractivity contribution in [3.05, 3.63) is 118 Å². The molecule has 4 aromatic carbocycles. The molecule has 0 aliphatic carbocycles. The molecule has 0 spiro atoms. The first-order valence-corrected chi connectivity index (χ1v) is 12.8. The first kappa shape index (κ1) is 27.3. The summed E-state index contributed by atoms with van der Waals surface area (Å²) in [5.41, 5.74) is 2.55. The van der Waals surface area contributed by atoms with Gasteiger partial charge in [-0.05, 0) is 48.9 Å². The van der Waals surface area contributed by atoms with E-state index in [-0.39, 0.29) is 34.1 Å². The molecule has 0 aliphatic heterocycles. The lowest BCUT2D eigenvalue weighted by atomic mass is 10.1. The summed E-state index contributed by atoms with van der Waals surface area (Å²) in [4.78, 5) is 23.8. The number of hydrogen-bond donors (Lipinski definition) is 2. The summed E-state index contributed by atoms with van der Waals surface area (Å²) in [6.07, 6.45) is 0. The largest absolute Gasteiger partial charge is 0.465 e. The number of anilines is 3. The highest BCUT2D eigenvalue weighted by molar-refractivity contribution is 7.81. The van der Waals surface area contributed by atoms with Crippen molar-refractivity contribution >= 4 is 40.0 Å². The molecule has 4 aromatic rings. The Kier molecular flexibility index (Phi) is 8.54. The quantitative estimate of drug-likeness (QED) is 0.101. The minimum absolute atomic E-state index is 0.0117. The second kappa shape index (κ2) is 12.2. The van der Waals surface area contributed by atoms with Gasteiger partial charge in [0.2, 0.25) is 0 Å². The van der Waals surface area contributed by atoms with E-state index in [1.165, 1.54) is 43.5 Å². The normalized spacial score (nSPS) is 11.4. The van der Waals surface area contributed by atoms with Gasteiger partial charge in [-0.3, -0.25) is 14.7 Å². The number of carbonyl (C=O) groups excluding carboxylic acids is 1. The Hall–Kier alpha value is -4.74. The Morgan fingerprint density at radius 3 is 2.31 bits per heavy atom. The topological polar surface area (TPSA) is 131 Å². The molecule has 11 heteroatoms. The fourth-order valence-corrected chi connectivity index (χ4v) is 4.46. The standard InChI is InChI=1S/C28H25N3O7S/c1-19-8-10-21(11-9-19)30(39(35)36)26-14-12-22(16-24(26)28(32)37-2)38-23-13-15-27(31(33)34)25(17-23)29-18-20-6-4-3-5-7-20/h3-17,29H,18H2,1-2H3,(H,35,36). The minimum Gasteiger partial charge on any atom is -0.465 e. The Morgan fingerprint density at radius 2 is 1.67 bits per heavy atom. The number of aryl methyl sites for hydroxylation is 1. The number of hydrogen-bond acceptors (Lipinski definition) is 7. The van der Waals surface area contributed by atoms with Crippen molar-refractivity contribution in [3.8, 4) is 11.5 Å². The lowest BCUT2D eigenvalue weighted by Crippen LogP contribution is -2.22. The number of rotatable bonds is 10. The summed E-state index contributed by atoms with van der Waals surface area (Å²) in [6, 6.07) is 24.9. The van der Waals surface area contributed by atoms with Gasteiger partial charge in [-0.1, -0.05) is 48.0 Å². The number of nitro groups is 1. The number of nitrogens with one attached hydrogen (secondary N) is 1. The summed E-state index contributed by atoms with van der Waals surface area (Å²) < 4.78 is 34.3. The van der Waals surface area contributed by atoms with Crippen LogP contribution in [0.1, 0.15) is 21.5 Å². The maximum atomic E-state index is 12.7. The van der Waals surface area contributed by atoms with Crippen molar-refractivity contribution in [3.63, 3.8) is 0 Å².